The van der Waals surface area contributed by atoms with E-state index in [1.807, 2.05) is 30.3 Å². The second-order valence-corrected chi connectivity index (χ2v) is 6.60. The van der Waals surface area contributed by atoms with E-state index in [-0.39, 0.29) is 5.82 Å². The summed E-state index contributed by atoms with van der Waals surface area (Å²) in [5, 5.41) is 23.1. The summed E-state index contributed by atoms with van der Waals surface area (Å²) in [4.78, 5) is 21.0. The number of fused-ring (bicyclic) bond motifs is 1. The summed E-state index contributed by atoms with van der Waals surface area (Å²) in [6, 6.07) is 9.74. The third kappa shape index (κ3) is 3.80. The van der Waals surface area contributed by atoms with Gasteiger partial charge in [-0.1, -0.05) is 30.3 Å². The molecule has 0 bridgehead atoms. The average molecular weight is 408 g/mol. The number of amides is 2. The Bertz CT molecular complexity index is 1140. The Balaban J connectivity index is 1.63. The number of methoxy groups -OCH3 is 1. The van der Waals surface area contributed by atoms with E-state index in [4.69, 9.17) is 9.15 Å². The topological polar surface area (TPSA) is 138 Å². The molecule has 1 unspecified atom stereocenters. The number of carbonyl (C=O) groups excluding carboxylic acids is 1. The highest BCUT2D eigenvalue weighted by molar-refractivity contribution is 5.99. The van der Waals surface area contributed by atoms with E-state index in [9.17, 15) is 9.90 Å². The predicted octanol–water partition coefficient (Wildman–Crippen LogP) is 2.87. The van der Waals surface area contributed by atoms with Crippen molar-refractivity contribution in [1.29, 1.82) is 0 Å². The fraction of sp³-hybridized carbons (Fsp3) is 0.200. The number of ether oxygens (including phenoxy) is 1. The fourth-order valence-electron chi connectivity index (χ4n) is 3.18. The molecule has 0 spiro atoms. The lowest BCUT2D eigenvalue weighted by Crippen LogP contribution is -2.37. The minimum absolute atomic E-state index is 0.259. The van der Waals surface area contributed by atoms with Crippen LogP contribution in [0.1, 0.15) is 18.5 Å². The number of carbonyl (C=O) groups is 1. The van der Waals surface area contributed by atoms with E-state index in [1.54, 1.807) is 13.0 Å². The van der Waals surface area contributed by atoms with Gasteiger partial charge in [-0.3, -0.25) is 10.4 Å². The van der Waals surface area contributed by atoms with E-state index >= 15 is 0 Å². The van der Waals surface area contributed by atoms with Crippen molar-refractivity contribution in [2.24, 2.45) is 0 Å². The van der Waals surface area contributed by atoms with E-state index in [2.05, 4.69) is 30.8 Å². The Labute approximate surface area is 171 Å². The van der Waals surface area contributed by atoms with E-state index in [0.29, 0.717) is 28.2 Å². The number of anilines is 1. The first-order valence-corrected chi connectivity index (χ1v) is 9.19. The van der Waals surface area contributed by atoms with Crippen LogP contribution >= 0.6 is 0 Å². The average Bonchev–Trinajstić information content (AvgIpc) is 3.42. The summed E-state index contributed by atoms with van der Waals surface area (Å²) in [6.07, 6.45) is 2.00. The van der Waals surface area contributed by atoms with Crippen molar-refractivity contribution in [3.05, 3.63) is 54.6 Å². The molecule has 0 radical (unpaired) electrons. The highest BCUT2D eigenvalue weighted by Gasteiger charge is 2.22. The molecule has 1 aromatic carbocycles. The number of aromatic amines is 1. The standard InChI is InChI=1S/C20H20N6O4/c1-11(27)17(12-6-4-3-5-7-12)24-20(28)23-15-8-13-16(19(29-2)26-25-13)18(22-15)14-9-21-10-30-14/h3-11,17,27H,1-2H3,(H,25,26)(H2,22,23,24,28)/t11?,17-/m1/s1. The zero-order valence-corrected chi connectivity index (χ0v) is 16.3. The van der Waals surface area contributed by atoms with Crippen molar-refractivity contribution in [2.75, 3.05) is 12.4 Å². The number of nitrogens with one attached hydrogen (secondary N) is 3. The Hall–Kier alpha value is -3.92. The molecule has 3 heterocycles. The number of hydrogen-bond donors (Lipinski definition) is 4. The Morgan fingerprint density at radius 2 is 2.10 bits per heavy atom. The molecular weight excluding hydrogens is 388 g/mol. The quantitative estimate of drug-likeness (QED) is 0.385. The van der Waals surface area contributed by atoms with Crippen LogP contribution in [0.2, 0.25) is 0 Å². The van der Waals surface area contributed by atoms with Crippen LogP contribution < -0.4 is 15.4 Å². The van der Waals surface area contributed by atoms with Crippen LogP contribution in [-0.4, -0.2) is 44.5 Å². The Kier molecular flexibility index (Phi) is 5.31. The third-order valence-corrected chi connectivity index (χ3v) is 4.54. The predicted molar refractivity (Wildman–Crippen MR) is 109 cm³/mol. The molecule has 0 aliphatic heterocycles. The van der Waals surface area contributed by atoms with Crippen LogP contribution in [-0.2, 0) is 0 Å². The molecule has 4 rings (SSSR count). The minimum Gasteiger partial charge on any atom is -0.479 e. The van der Waals surface area contributed by atoms with Crippen LogP contribution in [0.15, 0.2) is 53.4 Å². The van der Waals surface area contributed by atoms with Crippen LogP contribution in [0, 0.1) is 0 Å². The van der Waals surface area contributed by atoms with Crippen molar-refractivity contribution in [3.8, 4) is 17.3 Å². The monoisotopic (exact) mass is 408 g/mol. The molecule has 2 atom stereocenters. The number of pyridine rings is 1. The van der Waals surface area contributed by atoms with E-state index in [0.717, 1.165) is 5.56 Å². The van der Waals surface area contributed by atoms with Gasteiger partial charge in [0.2, 0.25) is 5.88 Å². The number of aliphatic hydroxyl groups excluding tert-OH is 1. The van der Waals surface area contributed by atoms with Crippen LogP contribution in [0.5, 0.6) is 5.88 Å². The number of urea groups is 1. The first-order valence-electron chi connectivity index (χ1n) is 9.19. The van der Waals surface area contributed by atoms with Crippen molar-refractivity contribution < 1.29 is 19.1 Å². The second kappa shape index (κ2) is 8.21. The number of nitrogens with zero attached hydrogens (tertiary/aromatic N) is 3. The number of aliphatic hydroxyl groups is 1. The van der Waals surface area contributed by atoms with E-state index < -0.39 is 18.2 Å². The molecule has 0 fully saturated rings. The first kappa shape index (κ1) is 19.4. The van der Waals surface area contributed by atoms with Gasteiger partial charge in [-0.15, -0.1) is 5.10 Å². The number of hydrogen-bond acceptors (Lipinski definition) is 7. The maximum Gasteiger partial charge on any atom is 0.320 e. The van der Waals surface area contributed by atoms with Crippen molar-refractivity contribution >= 4 is 22.8 Å². The molecule has 0 aliphatic rings. The van der Waals surface area contributed by atoms with Crippen LogP contribution in [0.4, 0.5) is 10.6 Å². The van der Waals surface area contributed by atoms with Gasteiger partial charge in [0, 0.05) is 6.07 Å². The SMILES string of the molecule is COc1n[nH]c2cc(NC(=O)N[C@@H](c3ccccc3)C(C)O)nc(-c3cnco3)c12. The van der Waals surface area contributed by atoms with Crippen molar-refractivity contribution in [2.45, 2.75) is 19.1 Å². The summed E-state index contributed by atoms with van der Waals surface area (Å²) in [7, 11) is 1.50. The molecule has 30 heavy (non-hydrogen) atoms. The molecule has 154 valence electrons. The zero-order chi connectivity index (χ0) is 21.1. The van der Waals surface area contributed by atoms with Gasteiger partial charge in [0.05, 0.1) is 36.4 Å². The summed E-state index contributed by atoms with van der Waals surface area (Å²) in [6.45, 7) is 1.61. The van der Waals surface area contributed by atoms with Crippen LogP contribution in [0.25, 0.3) is 22.4 Å². The fourth-order valence-corrected chi connectivity index (χ4v) is 3.18. The highest BCUT2D eigenvalue weighted by Crippen LogP contribution is 2.33. The van der Waals surface area contributed by atoms with Gasteiger partial charge in [0.25, 0.3) is 0 Å². The second-order valence-electron chi connectivity index (χ2n) is 6.60. The smallest absolute Gasteiger partial charge is 0.320 e. The molecule has 4 N–H and O–H groups in total. The molecule has 0 aliphatic carbocycles. The minimum atomic E-state index is -0.796. The Morgan fingerprint density at radius 3 is 2.77 bits per heavy atom. The lowest BCUT2D eigenvalue weighted by molar-refractivity contribution is 0.148. The lowest BCUT2D eigenvalue weighted by Gasteiger charge is -2.22. The van der Waals surface area contributed by atoms with Gasteiger partial charge >= 0.3 is 6.03 Å². The van der Waals surface area contributed by atoms with Crippen molar-refractivity contribution in [3.63, 3.8) is 0 Å². The summed E-state index contributed by atoms with van der Waals surface area (Å²) in [5.74, 6) is 1.00. The molecule has 0 saturated carbocycles. The Morgan fingerprint density at radius 1 is 1.30 bits per heavy atom. The maximum absolute atomic E-state index is 12.6. The van der Waals surface area contributed by atoms with Gasteiger partial charge < -0.3 is 19.6 Å². The summed E-state index contributed by atoms with van der Waals surface area (Å²) in [5.41, 5.74) is 1.80. The molecule has 10 nitrogen and oxygen atoms in total. The van der Waals surface area contributed by atoms with Gasteiger partial charge in [-0.2, -0.15) is 0 Å². The van der Waals surface area contributed by atoms with Gasteiger partial charge in [0.1, 0.15) is 11.5 Å². The normalized spacial score (nSPS) is 13.0. The first-order chi connectivity index (χ1) is 14.6. The molecule has 2 amide bonds. The van der Waals surface area contributed by atoms with Crippen molar-refractivity contribution in [1.82, 2.24) is 25.5 Å². The number of benzene rings is 1. The number of oxazole rings is 1. The van der Waals surface area contributed by atoms with Crippen LogP contribution in [0.3, 0.4) is 0 Å². The zero-order valence-electron chi connectivity index (χ0n) is 16.3. The number of H-pyrrole nitrogens is 1. The molecular formula is C20H20N6O4. The largest absolute Gasteiger partial charge is 0.479 e. The van der Waals surface area contributed by atoms with E-state index in [1.165, 1.54) is 19.7 Å². The van der Waals surface area contributed by atoms with Gasteiger partial charge in [0.15, 0.2) is 12.2 Å². The maximum atomic E-state index is 12.6. The summed E-state index contributed by atoms with van der Waals surface area (Å²) < 4.78 is 10.7. The third-order valence-electron chi connectivity index (χ3n) is 4.54. The number of aromatic nitrogens is 4. The molecule has 3 aromatic heterocycles. The molecule has 0 saturated heterocycles. The van der Waals surface area contributed by atoms with Gasteiger partial charge in [-0.05, 0) is 12.5 Å². The highest BCUT2D eigenvalue weighted by atomic mass is 16.5. The molecule has 4 aromatic rings. The number of rotatable bonds is 6. The lowest BCUT2D eigenvalue weighted by atomic mass is 10.0. The molecule has 10 heteroatoms. The summed E-state index contributed by atoms with van der Waals surface area (Å²) >= 11 is 0. The van der Waals surface area contributed by atoms with Gasteiger partial charge in [-0.25, -0.2) is 14.8 Å².